The molecule has 2 N–H and O–H groups in total. The Morgan fingerprint density at radius 2 is 2.24 bits per heavy atom. The zero-order chi connectivity index (χ0) is 17.6. The Balaban J connectivity index is 1.64. The van der Waals surface area contributed by atoms with Gasteiger partial charge in [-0.3, -0.25) is 9.69 Å². The van der Waals surface area contributed by atoms with Crippen LogP contribution in [0, 0.1) is 6.92 Å². The Hall–Kier alpha value is -1.89. The number of aryl methyl sites for hydroxylation is 1. The number of piperazine rings is 1. The number of hydrogen-bond acceptors (Lipinski definition) is 5. The van der Waals surface area contributed by atoms with Crippen molar-refractivity contribution < 1.29 is 9.53 Å². The number of hydrogen-bond donors (Lipinski definition) is 2. The van der Waals surface area contributed by atoms with E-state index in [1.165, 1.54) is 10.4 Å². The van der Waals surface area contributed by atoms with E-state index in [2.05, 4.69) is 40.0 Å². The number of carbonyl (C=O) groups excluding carboxylic acids is 1. The monoisotopic (exact) mass is 359 g/mol. The normalized spacial score (nSPS) is 18.1. The molecule has 1 aromatic heterocycles. The van der Waals surface area contributed by atoms with Gasteiger partial charge in [0.1, 0.15) is 5.75 Å². The average Bonchev–Trinajstić information content (AvgIpc) is 3.05. The van der Waals surface area contributed by atoms with Crippen LogP contribution in [0.2, 0.25) is 0 Å². The van der Waals surface area contributed by atoms with Gasteiger partial charge in [0.2, 0.25) is 5.91 Å². The number of nitrogens with zero attached hydrogens (tertiary/aromatic N) is 1. The number of thiophene rings is 1. The van der Waals surface area contributed by atoms with Gasteiger partial charge >= 0.3 is 0 Å². The van der Waals surface area contributed by atoms with Crippen molar-refractivity contribution in [1.82, 2.24) is 15.5 Å². The van der Waals surface area contributed by atoms with Crippen LogP contribution in [-0.4, -0.2) is 44.1 Å². The molecule has 0 spiro atoms. The van der Waals surface area contributed by atoms with E-state index in [-0.39, 0.29) is 11.9 Å². The van der Waals surface area contributed by atoms with Crippen LogP contribution in [0.3, 0.4) is 0 Å². The second-order valence-electron chi connectivity index (χ2n) is 6.24. The molecule has 1 aromatic carbocycles. The zero-order valence-corrected chi connectivity index (χ0v) is 15.6. The summed E-state index contributed by atoms with van der Waals surface area (Å²) in [4.78, 5) is 15.9. The molecule has 5 nitrogen and oxygen atoms in total. The fourth-order valence-electron chi connectivity index (χ4n) is 3.19. The van der Waals surface area contributed by atoms with Crippen molar-refractivity contribution in [2.45, 2.75) is 19.5 Å². The van der Waals surface area contributed by atoms with Gasteiger partial charge in [0.05, 0.1) is 26.2 Å². The molecular formula is C19H25N3O2S. The molecule has 0 radical (unpaired) electrons. The van der Waals surface area contributed by atoms with Gasteiger partial charge in [-0.15, -0.1) is 11.3 Å². The highest BCUT2D eigenvalue weighted by Gasteiger charge is 2.27. The fourth-order valence-corrected chi connectivity index (χ4v) is 4.03. The van der Waals surface area contributed by atoms with E-state index in [0.29, 0.717) is 13.1 Å². The van der Waals surface area contributed by atoms with Crippen LogP contribution in [0.25, 0.3) is 0 Å². The molecule has 1 unspecified atom stereocenters. The molecule has 1 atom stereocenters. The van der Waals surface area contributed by atoms with E-state index < -0.39 is 0 Å². The van der Waals surface area contributed by atoms with Gasteiger partial charge in [-0.2, -0.15) is 0 Å². The second kappa shape index (κ2) is 8.47. The molecule has 1 aliphatic heterocycles. The van der Waals surface area contributed by atoms with Crippen molar-refractivity contribution in [2.24, 2.45) is 0 Å². The van der Waals surface area contributed by atoms with Crippen molar-refractivity contribution in [3.05, 3.63) is 51.7 Å². The number of methoxy groups -OCH3 is 1. The summed E-state index contributed by atoms with van der Waals surface area (Å²) in [5.74, 6) is 0.936. The van der Waals surface area contributed by atoms with Crippen molar-refractivity contribution >= 4 is 17.2 Å². The summed E-state index contributed by atoms with van der Waals surface area (Å²) in [6.07, 6.45) is 0. The highest BCUT2D eigenvalue weighted by Crippen LogP contribution is 2.29. The Kier molecular flexibility index (Phi) is 6.07. The van der Waals surface area contributed by atoms with Gasteiger partial charge < -0.3 is 15.4 Å². The van der Waals surface area contributed by atoms with Gasteiger partial charge in [-0.05, 0) is 30.0 Å². The predicted molar refractivity (Wildman–Crippen MR) is 101 cm³/mol. The molecule has 1 amide bonds. The molecule has 0 aliphatic carbocycles. The summed E-state index contributed by atoms with van der Waals surface area (Å²) in [7, 11) is 1.69. The SMILES string of the molecule is COc1ccccc1C1CNCCN1CC(=O)NCc1sccc1C. The molecule has 3 rings (SSSR count). The molecule has 1 saturated heterocycles. The predicted octanol–water partition coefficient (Wildman–Crippen LogP) is 2.33. The first-order valence-corrected chi connectivity index (χ1v) is 9.44. The summed E-state index contributed by atoms with van der Waals surface area (Å²) in [5, 5.41) is 8.53. The Morgan fingerprint density at radius 1 is 1.40 bits per heavy atom. The van der Waals surface area contributed by atoms with Crippen molar-refractivity contribution in [3.63, 3.8) is 0 Å². The molecule has 0 saturated carbocycles. The Labute approximate surface area is 153 Å². The molecule has 0 bridgehead atoms. The van der Waals surface area contributed by atoms with Crippen LogP contribution in [0.15, 0.2) is 35.7 Å². The van der Waals surface area contributed by atoms with Crippen LogP contribution in [0.4, 0.5) is 0 Å². The minimum Gasteiger partial charge on any atom is -0.496 e. The van der Waals surface area contributed by atoms with Crippen LogP contribution in [-0.2, 0) is 11.3 Å². The van der Waals surface area contributed by atoms with E-state index in [0.717, 1.165) is 30.9 Å². The first-order valence-electron chi connectivity index (χ1n) is 8.56. The third kappa shape index (κ3) is 4.39. The summed E-state index contributed by atoms with van der Waals surface area (Å²) in [6.45, 7) is 5.63. The molecule has 134 valence electrons. The zero-order valence-electron chi connectivity index (χ0n) is 14.7. The topological polar surface area (TPSA) is 53.6 Å². The lowest BCUT2D eigenvalue weighted by Gasteiger charge is -2.36. The maximum absolute atomic E-state index is 12.4. The van der Waals surface area contributed by atoms with Crippen molar-refractivity contribution in [1.29, 1.82) is 0 Å². The number of ether oxygens (including phenoxy) is 1. The van der Waals surface area contributed by atoms with E-state index in [4.69, 9.17) is 4.74 Å². The van der Waals surface area contributed by atoms with Gasteiger partial charge in [-0.1, -0.05) is 18.2 Å². The summed E-state index contributed by atoms with van der Waals surface area (Å²) < 4.78 is 5.51. The standard InChI is InChI=1S/C19H25N3O2S/c1-14-7-10-25-18(14)12-21-19(23)13-22-9-8-20-11-16(22)15-5-3-4-6-17(15)24-2/h3-7,10,16,20H,8-9,11-13H2,1-2H3,(H,21,23). The number of carbonyl (C=O) groups is 1. The first-order chi connectivity index (χ1) is 12.2. The number of para-hydroxylation sites is 1. The number of amides is 1. The molecule has 1 fully saturated rings. The smallest absolute Gasteiger partial charge is 0.234 e. The van der Waals surface area contributed by atoms with E-state index in [9.17, 15) is 4.79 Å². The Bertz CT molecular complexity index is 716. The van der Waals surface area contributed by atoms with Crippen molar-refractivity contribution in [3.8, 4) is 5.75 Å². The average molecular weight is 359 g/mol. The highest BCUT2D eigenvalue weighted by atomic mass is 32.1. The van der Waals surface area contributed by atoms with E-state index in [1.54, 1.807) is 18.4 Å². The van der Waals surface area contributed by atoms with Gasteiger partial charge in [0.25, 0.3) is 0 Å². The minimum atomic E-state index is 0.0644. The van der Waals surface area contributed by atoms with E-state index in [1.807, 2.05) is 18.2 Å². The lowest BCUT2D eigenvalue weighted by atomic mass is 10.0. The van der Waals surface area contributed by atoms with Gasteiger partial charge in [-0.25, -0.2) is 0 Å². The fraction of sp³-hybridized carbons (Fsp3) is 0.421. The largest absolute Gasteiger partial charge is 0.496 e. The lowest BCUT2D eigenvalue weighted by molar-refractivity contribution is -0.123. The first kappa shape index (κ1) is 17.9. The number of benzene rings is 1. The van der Waals surface area contributed by atoms with E-state index >= 15 is 0 Å². The van der Waals surface area contributed by atoms with Crippen molar-refractivity contribution in [2.75, 3.05) is 33.3 Å². The maximum atomic E-state index is 12.4. The maximum Gasteiger partial charge on any atom is 0.234 e. The molecule has 6 heteroatoms. The molecular weight excluding hydrogens is 334 g/mol. The third-order valence-electron chi connectivity index (χ3n) is 4.61. The summed E-state index contributed by atoms with van der Waals surface area (Å²) in [6, 6.07) is 10.3. The van der Waals surface area contributed by atoms with Crippen LogP contribution < -0.4 is 15.4 Å². The molecule has 1 aliphatic rings. The van der Waals surface area contributed by atoms with Crippen LogP contribution in [0.5, 0.6) is 5.75 Å². The van der Waals surface area contributed by atoms with Gasteiger partial charge in [0, 0.05) is 30.1 Å². The Morgan fingerprint density at radius 3 is 3.00 bits per heavy atom. The number of rotatable bonds is 6. The summed E-state index contributed by atoms with van der Waals surface area (Å²) in [5.41, 5.74) is 2.36. The quantitative estimate of drug-likeness (QED) is 0.831. The molecule has 2 heterocycles. The molecule has 2 aromatic rings. The third-order valence-corrected chi connectivity index (χ3v) is 5.64. The second-order valence-corrected chi connectivity index (χ2v) is 7.24. The molecule has 25 heavy (non-hydrogen) atoms. The minimum absolute atomic E-state index is 0.0644. The highest BCUT2D eigenvalue weighted by molar-refractivity contribution is 7.10. The number of nitrogens with one attached hydrogen (secondary N) is 2. The van der Waals surface area contributed by atoms with Crippen LogP contribution in [0.1, 0.15) is 22.0 Å². The van der Waals surface area contributed by atoms with Crippen LogP contribution >= 0.6 is 11.3 Å². The summed E-state index contributed by atoms with van der Waals surface area (Å²) >= 11 is 1.69. The lowest BCUT2D eigenvalue weighted by Crippen LogP contribution is -2.49. The van der Waals surface area contributed by atoms with Gasteiger partial charge in [0.15, 0.2) is 0 Å².